The number of carboxylic acid groups (broad SMARTS) is 1. The molecule has 1 aliphatic rings. The number of rotatable bonds is 4. The standard InChI is InChI=1S/C11H17N3O3/c1-2-10-12-9(13-17-10)7-14-5-3-4-8(6-14)11(15)16/h8H,2-7H2,1H3,(H,15,16)/t8-/m1/s1. The first-order valence-electron chi connectivity index (χ1n) is 5.95. The zero-order valence-corrected chi connectivity index (χ0v) is 9.93. The molecule has 0 radical (unpaired) electrons. The highest BCUT2D eigenvalue weighted by Crippen LogP contribution is 2.18. The van der Waals surface area contributed by atoms with Gasteiger partial charge < -0.3 is 9.63 Å². The molecule has 1 N–H and O–H groups in total. The predicted molar refractivity (Wildman–Crippen MR) is 59.3 cm³/mol. The van der Waals surface area contributed by atoms with Crippen LogP contribution in [0.15, 0.2) is 4.52 Å². The zero-order valence-electron chi connectivity index (χ0n) is 9.93. The number of likely N-dealkylation sites (tertiary alicyclic amines) is 1. The van der Waals surface area contributed by atoms with Crippen LogP contribution in [-0.2, 0) is 17.8 Å². The van der Waals surface area contributed by atoms with E-state index in [4.69, 9.17) is 9.63 Å². The molecule has 0 spiro atoms. The monoisotopic (exact) mass is 239 g/mol. The molecule has 17 heavy (non-hydrogen) atoms. The van der Waals surface area contributed by atoms with Crippen LogP contribution in [0.4, 0.5) is 0 Å². The molecule has 2 heterocycles. The van der Waals surface area contributed by atoms with Crippen LogP contribution in [0.25, 0.3) is 0 Å². The highest BCUT2D eigenvalue weighted by Gasteiger charge is 2.26. The second kappa shape index (κ2) is 5.27. The van der Waals surface area contributed by atoms with E-state index in [1.165, 1.54) is 0 Å². The molecule has 0 bridgehead atoms. The Morgan fingerprint density at radius 1 is 1.65 bits per heavy atom. The second-order valence-corrected chi connectivity index (χ2v) is 4.37. The van der Waals surface area contributed by atoms with Crippen molar-refractivity contribution >= 4 is 5.97 Å². The van der Waals surface area contributed by atoms with Gasteiger partial charge in [-0.3, -0.25) is 9.69 Å². The summed E-state index contributed by atoms with van der Waals surface area (Å²) < 4.78 is 5.03. The van der Waals surface area contributed by atoms with Gasteiger partial charge in [-0.1, -0.05) is 12.1 Å². The molecule has 1 saturated heterocycles. The van der Waals surface area contributed by atoms with Gasteiger partial charge in [-0.05, 0) is 19.4 Å². The van der Waals surface area contributed by atoms with Crippen molar-refractivity contribution in [3.8, 4) is 0 Å². The molecule has 0 aliphatic carbocycles. The van der Waals surface area contributed by atoms with Crippen LogP contribution in [0.1, 0.15) is 31.5 Å². The van der Waals surface area contributed by atoms with Gasteiger partial charge in [0.25, 0.3) is 0 Å². The maximum atomic E-state index is 10.9. The molecule has 0 saturated carbocycles. The lowest BCUT2D eigenvalue weighted by Crippen LogP contribution is -2.38. The Bertz CT molecular complexity index is 391. The second-order valence-electron chi connectivity index (χ2n) is 4.37. The molecule has 94 valence electrons. The Morgan fingerprint density at radius 3 is 3.12 bits per heavy atom. The number of aliphatic carboxylic acids is 1. The average Bonchev–Trinajstić information content (AvgIpc) is 2.77. The summed E-state index contributed by atoms with van der Waals surface area (Å²) in [6, 6.07) is 0. The van der Waals surface area contributed by atoms with Crippen LogP contribution in [0.2, 0.25) is 0 Å². The molecule has 1 aliphatic heterocycles. The molecule has 6 nitrogen and oxygen atoms in total. The Balaban J connectivity index is 1.92. The minimum Gasteiger partial charge on any atom is -0.481 e. The SMILES string of the molecule is CCc1nc(CN2CCC[C@@H](C(=O)O)C2)no1. The van der Waals surface area contributed by atoms with Crippen molar-refractivity contribution in [1.29, 1.82) is 0 Å². The normalized spacial score (nSPS) is 21.6. The fraction of sp³-hybridized carbons (Fsp3) is 0.727. The molecule has 2 rings (SSSR count). The zero-order chi connectivity index (χ0) is 12.3. The highest BCUT2D eigenvalue weighted by molar-refractivity contribution is 5.70. The highest BCUT2D eigenvalue weighted by atomic mass is 16.5. The van der Waals surface area contributed by atoms with Crippen molar-refractivity contribution in [2.45, 2.75) is 32.7 Å². The van der Waals surface area contributed by atoms with Gasteiger partial charge in [0.15, 0.2) is 5.82 Å². The summed E-state index contributed by atoms with van der Waals surface area (Å²) in [7, 11) is 0. The van der Waals surface area contributed by atoms with Crippen molar-refractivity contribution in [2.24, 2.45) is 5.92 Å². The van der Waals surface area contributed by atoms with Gasteiger partial charge in [0.2, 0.25) is 5.89 Å². The van der Waals surface area contributed by atoms with Crippen molar-refractivity contribution in [3.05, 3.63) is 11.7 Å². The number of aryl methyl sites for hydroxylation is 1. The molecule has 1 fully saturated rings. The van der Waals surface area contributed by atoms with Crippen molar-refractivity contribution in [1.82, 2.24) is 15.0 Å². The fourth-order valence-corrected chi connectivity index (χ4v) is 2.10. The van der Waals surface area contributed by atoms with E-state index >= 15 is 0 Å². The first-order valence-corrected chi connectivity index (χ1v) is 5.95. The molecule has 1 atom stereocenters. The van der Waals surface area contributed by atoms with Gasteiger partial charge in [0.1, 0.15) is 0 Å². The van der Waals surface area contributed by atoms with Crippen LogP contribution in [0, 0.1) is 5.92 Å². The average molecular weight is 239 g/mol. The van der Waals surface area contributed by atoms with Crippen molar-refractivity contribution < 1.29 is 14.4 Å². The maximum Gasteiger partial charge on any atom is 0.307 e. The molecule has 0 aromatic carbocycles. The molecular weight excluding hydrogens is 222 g/mol. The van der Waals surface area contributed by atoms with Crippen LogP contribution in [-0.4, -0.2) is 39.2 Å². The van der Waals surface area contributed by atoms with E-state index in [1.807, 2.05) is 6.92 Å². The summed E-state index contributed by atoms with van der Waals surface area (Å²) in [4.78, 5) is 17.2. The van der Waals surface area contributed by atoms with Gasteiger partial charge in [-0.15, -0.1) is 0 Å². The fourth-order valence-electron chi connectivity index (χ4n) is 2.10. The predicted octanol–water partition coefficient (Wildman–Crippen LogP) is 0.929. The first-order chi connectivity index (χ1) is 8.19. The van der Waals surface area contributed by atoms with Crippen LogP contribution < -0.4 is 0 Å². The lowest BCUT2D eigenvalue weighted by Gasteiger charge is -2.29. The van der Waals surface area contributed by atoms with Crippen LogP contribution in [0.3, 0.4) is 0 Å². The number of hydrogen-bond donors (Lipinski definition) is 1. The third kappa shape index (κ3) is 3.03. The van der Waals surface area contributed by atoms with E-state index in [0.717, 1.165) is 25.8 Å². The smallest absolute Gasteiger partial charge is 0.307 e. The molecular formula is C11H17N3O3. The van der Waals surface area contributed by atoms with E-state index in [0.29, 0.717) is 24.8 Å². The van der Waals surface area contributed by atoms with Gasteiger partial charge in [-0.2, -0.15) is 4.98 Å². The van der Waals surface area contributed by atoms with Gasteiger partial charge in [0.05, 0.1) is 12.5 Å². The number of aromatic nitrogens is 2. The van der Waals surface area contributed by atoms with Gasteiger partial charge in [-0.25, -0.2) is 0 Å². The number of carbonyl (C=O) groups is 1. The minimum atomic E-state index is -0.711. The third-order valence-corrected chi connectivity index (χ3v) is 3.03. The maximum absolute atomic E-state index is 10.9. The molecule has 0 amide bonds. The summed E-state index contributed by atoms with van der Waals surface area (Å²) >= 11 is 0. The summed E-state index contributed by atoms with van der Waals surface area (Å²) in [5.74, 6) is 0.304. The lowest BCUT2D eigenvalue weighted by atomic mass is 9.98. The van der Waals surface area contributed by atoms with E-state index in [-0.39, 0.29) is 5.92 Å². The van der Waals surface area contributed by atoms with E-state index in [9.17, 15) is 4.79 Å². The molecule has 1 aromatic heterocycles. The Kier molecular flexibility index (Phi) is 3.73. The quantitative estimate of drug-likeness (QED) is 0.842. The summed E-state index contributed by atoms with van der Waals surface area (Å²) in [6.07, 6.45) is 2.40. The van der Waals surface area contributed by atoms with Crippen molar-refractivity contribution in [2.75, 3.05) is 13.1 Å². The summed E-state index contributed by atoms with van der Waals surface area (Å²) in [5.41, 5.74) is 0. The summed E-state index contributed by atoms with van der Waals surface area (Å²) in [6.45, 7) is 4.01. The molecule has 0 unspecified atom stereocenters. The minimum absolute atomic E-state index is 0.263. The van der Waals surface area contributed by atoms with Crippen LogP contribution in [0.5, 0.6) is 0 Å². The molecule has 1 aromatic rings. The molecule has 6 heteroatoms. The topological polar surface area (TPSA) is 79.5 Å². The number of carboxylic acids is 1. The largest absolute Gasteiger partial charge is 0.481 e. The van der Waals surface area contributed by atoms with E-state index < -0.39 is 5.97 Å². The Morgan fingerprint density at radius 2 is 2.47 bits per heavy atom. The van der Waals surface area contributed by atoms with Crippen molar-refractivity contribution in [3.63, 3.8) is 0 Å². The Labute approximate surface area is 99.6 Å². The number of nitrogens with zero attached hydrogens (tertiary/aromatic N) is 3. The third-order valence-electron chi connectivity index (χ3n) is 3.03. The number of piperidine rings is 1. The summed E-state index contributed by atoms with van der Waals surface area (Å²) in [5, 5.41) is 12.9. The van der Waals surface area contributed by atoms with E-state index in [2.05, 4.69) is 15.0 Å². The van der Waals surface area contributed by atoms with Gasteiger partial charge >= 0.3 is 5.97 Å². The first kappa shape index (κ1) is 12.0. The number of hydrogen-bond acceptors (Lipinski definition) is 5. The lowest BCUT2D eigenvalue weighted by molar-refractivity contribution is -0.143. The van der Waals surface area contributed by atoms with Crippen LogP contribution >= 0.6 is 0 Å². The van der Waals surface area contributed by atoms with E-state index in [1.54, 1.807) is 0 Å². The van der Waals surface area contributed by atoms with Gasteiger partial charge in [0, 0.05) is 13.0 Å². The Hall–Kier alpha value is -1.43.